The Bertz CT molecular complexity index is 780. The van der Waals surface area contributed by atoms with Crippen LogP contribution in [-0.2, 0) is 33.4 Å². The summed E-state index contributed by atoms with van der Waals surface area (Å²) in [6.07, 6.45) is 2.76. The van der Waals surface area contributed by atoms with Crippen LogP contribution in [0.1, 0.15) is 32.6 Å². The molecule has 0 amide bonds. The van der Waals surface area contributed by atoms with E-state index < -0.39 is 50.7 Å². The first-order valence-corrected chi connectivity index (χ1v) is 10.5. The van der Waals surface area contributed by atoms with Crippen molar-refractivity contribution in [1.82, 2.24) is 4.90 Å². The SMILES string of the molecule is CC/C(=C/C12CCCCN1C[C@H](C(=O)OC)[C@H]2C(=O)OC)OS(=O)(=O)C(F)(F)F. The van der Waals surface area contributed by atoms with Gasteiger partial charge in [-0.1, -0.05) is 6.92 Å². The Morgan fingerprint density at radius 3 is 2.31 bits per heavy atom. The number of rotatable bonds is 6. The van der Waals surface area contributed by atoms with Crippen LogP contribution >= 0.6 is 0 Å². The first-order chi connectivity index (χ1) is 13.4. The van der Waals surface area contributed by atoms with E-state index >= 15 is 0 Å². The fourth-order valence-electron chi connectivity index (χ4n) is 4.14. The molecular formula is C17H24F3NO7S. The number of esters is 2. The van der Waals surface area contributed by atoms with Gasteiger partial charge < -0.3 is 13.7 Å². The second kappa shape index (κ2) is 8.50. The Hall–Kier alpha value is -1.82. The summed E-state index contributed by atoms with van der Waals surface area (Å²) in [6.45, 7) is 2.04. The van der Waals surface area contributed by atoms with E-state index in [1.807, 2.05) is 0 Å². The number of halogens is 3. The fraction of sp³-hybridized carbons (Fsp3) is 0.765. The van der Waals surface area contributed by atoms with Crippen molar-refractivity contribution in [3.8, 4) is 0 Å². The van der Waals surface area contributed by atoms with Gasteiger partial charge in [-0.05, 0) is 31.9 Å². The van der Waals surface area contributed by atoms with Crippen LogP contribution < -0.4 is 0 Å². The molecule has 0 N–H and O–H groups in total. The minimum Gasteiger partial charge on any atom is -0.469 e. The molecule has 0 bridgehead atoms. The monoisotopic (exact) mass is 443 g/mol. The molecular weight excluding hydrogens is 419 g/mol. The number of carbonyl (C=O) groups is 2. The Balaban J connectivity index is 2.57. The van der Waals surface area contributed by atoms with Crippen LogP contribution in [-0.4, -0.2) is 63.6 Å². The van der Waals surface area contributed by atoms with Crippen LogP contribution in [0.2, 0.25) is 0 Å². The van der Waals surface area contributed by atoms with Gasteiger partial charge in [0.15, 0.2) is 0 Å². The summed E-state index contributed by atoms with van der Waals surface area (Å²) >= 11 is 0. The highest BCUT2D eigenvalue weighted by Crippen LogP contribution is 2.48. The highest BCUT2D eigenvalue weighted by atomic mass is 32.2. The van der Waals surface area contributed by atoms with E-state index in [-0.39, 0.29) is 13.0 Å². The van der Waals surface area contributed by atoms with E-state index in [9.17, 15) is 31.2 Å². The Morgan fingerprint density at radius 1 is 1.17 bits per heavy atom. The molecule has 166 valence electrons. The van der Waals surface area contributed by atoms with E-state index in [0.717, 1.165) is 13.5 Å². The Morgan fingerprint density at radius 2 is 1.79 bits per heavy atom. The molecule has 0 spiro atoms. The lowest BCUT2D eigenvalue weighted by molar-refractivity contribution is -0.157. The zero-order chi connectivity index (χ0) is 22.0. The Labute approximate surface area is 167 Å². The van der Waals surface area contributed by atoms with Crippen LogP contribution in [0.15, 0.2) is 11.8 Å². The molecule has 2 heterocycles. The van der Waals surface area contributed by atoms with Gasteiger partial charge in [0.1, 0.15) is 5.76 Å². The van der Waals surface area contributed by atoms with Gasteiger partial charge in [-0.2, -0.15) is 21.6 Å². The molecule has 0 aliphatic carbocycles. The average molecular weight is 443 g/mol. The molecule has 12 heteroatoms. The molecule has 0 saturated carbocycles. The molecule has 29 heavy (non-hydrogen) atoms. The molecule has 0 aromatic heterocycles. The molecule has 2 fully saturated rings. The van der Waals surface area contributed by atoms with Gasteiger partial charge in [-0.3, -0.25) is 14.5 Å². The lowest BCUT2D eigenvalue weighted by Gasteiger charge is -2.43. The van der Waals surface area contributed by atoms with E-state index in [2.05, 4.69) is 4.18 Å². The number of methoxy groups -OCH3 is 2. The maximum Gasteiger partial charge on any atom is 0.534 e. The van der Waals surface area contributed by atoms with Crippen molar-refractivity contribution in [3.05, 3.63) is 11.8 Å². The van der Waals surface area contributed by atoms with E-state index in [0.29, 0.717) is 19.4 Å². The molecule has 8 nitrogen and oxygen atoms in total. The summed E-state index contributed by atoms with van der Waals surface area (Å²) in [7, 11) is -3.55. The van der Waals surface area contributed by atoms with Crippen molar-refractivity contribution in [3.63, 3.8) is 0 Å². The van der Waals surface area contributed by atoms with E-state index in [1.54, 1.807) is 4.90 Å². The third kappa shape index (κ3) is 4.37. The predicted molar refractivity (Wildman–Crippen MR) is 93.6 cm³/mol. The number of alkyl halides is 3. The molecule has 1 unspecified atom stereocenters. The van der Waals surface area contributed by atoms with Gasteiger partial charge in [0.2, 0.25) is 0 Å². The number of fused-ring (bicyclic) bond motifs is 1. The van der Waals surface area contributed by atoms with Crippen molar-refractivity contribution < 1.29 is 44.8 Å². The summed E-state index contributed by atoms with van der Waals surface area (Å²) in [4.78, 5) is 26.7. The Kier molecular flexibility index (Phi) is 6.88. The lowest BCUT2D eigenvalue weighted by atomic mass is 9.74. The second-order valence-electron chi connectivity index (χ2n) is 6.97. The van der Waals surface area contributed by atoms with Gasteiger partial charge in [0.25, 0.3) is 0 Å². The van der Waals surface area contributed by atoms with Crippen LogP contribution in [0.3, 0.4) is 0 Å². The van der Waals surface area contributed by atoms with E-state index in [4.69, 9.17) is 9.47 Å². The second-order valence-corrected chi connectivity index (χ2v) is 8.51. The summed E-state index contributed by atoms with van der Waals surface area (Å²) in [5, 5.41) is 0. The quantitative estimate of drug-likeness (QED) is 0.266. The maximum atomic E-state index is 12.8. The van der Waals surface area contributed by atoms with Crippen molar-refractivity contribution in [2.75, 3.05) is 27.3 Å². The summed E-state index contributed by atoms with van der Waals surface area (Å²) in [5.41, 5.74) is -6.80. The number of ether oxygens (including phenoxy) is 2. The van der Waals surface area contributed by atoms with Crippen molar-refractivity contribution in [2.24, 2.45) is 11.8 Å². The van der Waals surface area contributed by atoms with Gasteiger partial charge >= 0.3 is 27.6 Å². The average Bonchev–Trinajstić information content (AvgIpc) is 2.99. The zero-order valence-electron chi connectivity index (χ0n) is 16.3. The normalized spacial score (nSPS) is 28.6. The minimum absolute atomic E-state index is 0.131. The third-order valence-corrected chi connectivity index (χ3v) is 6.42. The molecule has 3 atom stereocenters. The van der Waals surface area contributed by atoms with Crippen molar-refractivity contribution in [2.45, 2.75) is 43.7 Å². The standard InChI is InChI=1S/C17H24F3NO7S/c1-4-11(28-29(24,25)17(18,19)20)9-16-7-5-6-8-21(16)10-12(14(22)26-2)13(16)15(23)27-3/h9,12-13H,4-8,10H2,1-3H3/b11-9-/t12-,13-,16?/m0/s1. The molecule has 0 aromatic carbocycles. The predicted octanol–water partition coefficient (Wildman–Crippen LogP) is 1.96. The summed E-state index contributed by atoms with van der Waals surface area (Å²) in [5.74, 6) is -3.80. The van der Waals surface area contributed by atoms with Gasteiger partial charge in [-0.15, -0.1) is 0 Å². The summed E-state index contributed by atoms with van der Waals surface area (Å²) < 4.78 is 75.3. The lowest BCUT2D eigenvalue weighted by Crippen LogP contribution is -2.52. The molecule has 0 radical (unpaired) electrons. The number of piperidine rings is 1. The topological polar surface area (TPSA) is 99.2 Å². The van der Waals surface area contributed by atoms with Crippen molar-refractivity contribution >= 4 is 22.1 Å². The zero-order valence-corrected chi connectivity index (χ0v) is 17.1. The first-order valence-electron chi connectivity index (χ1n) is 9.06. The minimum atomic E-state index is -5.86. The number of nitrogens with zero attached hydrogens (tertiary/aromatic N) is 1. The highest BCUT2D eigenvalue weighted by Gasteiger charge is 2.60. The smallest absolute Gasteiger partial charge is 0.469 e. The molecule has 2 aliphatic heterocycles. The number of hydrogen-bond acceptors (Lipinski definition) is 8. The third-order valence-electron chi connectivity index (χ3n) is 5.42. The maximum absolute atomic E-state index is 12.8. The molecule has 2 rings (SSSR count). The van der Waals surface area contributed by atoms with Gasteiger partial charge in [0, 0.05) is 13.0 Å². The first kappa shape index (κ1) is 23.5. The van der Waals surface area contributed by atoms with Crippen LogP contribution in [0.25, 0.3) is 0 Å². The molecule has 0 aromatic rings. The van der Waals surface area contributed by atoms with Gasteiger partial charge in [-0.25, -0.2) is 0 Å². The highest BCUT2D eigenvalue weighted by molar-refractivity contribution is 7.87. The van der Waals surface area contributed by atoms with Crippen LogP contribution in [0.5, 0.6) is 0 Å². The van der Waals surface area contributed by atoms with Crippen molar-refractivity contribution in [1.29, 1.82) is 0 Å². The van der Waals surface area contributed by atoms with Gasteiger partial charge in [0.05, 0.1) is 31.6 Å². The molecule has 2 aliphatic rings. The van der Waals surface area contributed by atoms with E-state index in [1.165, 1.54) is 20.1 Å². The number of hydrogen-bond donors (Lipinski definition) is 0. The fourth-order valence-corrected chi connectivity index (χ4v) is 4.69. The van der Waals surface area contributed by atoms with Crippen LogP contribution in [0, 0.1) is 11.8 Å². The number of carbonyl (C=O) groups excluding carboxylic acids is 2. The molecule has 2 saturated heterocycles. The largest absolute Gasteiger partial charge is 0.534 e. The van der Waals surface area contributed by atoms with Crippen LogP contribution in [0.4, 0.5) is 13.2 Å². The summed E-state index contributed by atoms with van der Waals surface area (Å²) in [6, 6.07) is 0. The number of allylic oxidation sites excluding steroid dienone is 1.